The molecule has 0 N–H and O–H groups in total. The van der Waals surface area contributed by atoms with Crippen LogP contribution >= 0.6 is 0 Å². The lowest BCUT2D eigenvalue weighted by Gasteiger charge is -2.13. The van der Waals surface area contributed by atoms with Gasteiger partial charge in [-0.2, -0.15) is 0 Å². The van der Waals surface area contributed by atoms with Gasteiger partial charge in [-0.3, -0.25) is 9.59 Å². The molecule has 0 aliphatic rings. The molecular weight excluding hydrogens is 280 g/mol. The highest BCUT2D eigenvalue weighted by atomic mass is 16.5. The quantitative estimate of drug-likeness (QED) is 0.341. The molecule has 0 bridgehead atoms. The zero-order valence-corrected chi connectivity index (χ0v) is 14.7. The first-order valence-electron chi connectivity index (χ1n) is 8.99. The molecule has 0 fully saturated rings. The van der Waals surface area contributed by atoms with Crippen LogP contribution in [0.1, 0.15) is 91.4 Å². The first-order valence-corrected chi connectivity index (χ1v) is 8.99. The molecule has 0 radical (unpaired) electrons. The van der Waals surface area contributed by atoms with Crippen molar-refractivity contribution >= 4 is 11.9 Å². The number of esters is 2. The number of hydrogen-bond donors (Lipinski definition) is 0. The summed E-state index contributed by atoms with van der Waals surface area (Å²) in [5.74, 6) is -0.304. The maximum atomic E-state index is 11.6. The van der Waals surface area contributed by atoms with Crippen LogP contribution in [0.4, 0.5) is 0 Å². The molecule has 0 atom stereocenters. The normalized spacial score (nSPS) is 10.7. The zero-order chi connectivity index (χ0) is 16.6. The Labute approximate surface area is 135 Å². The largest absolute Gasteiger partial charge is 0.466 e. The van der Waals surface area contributed by atoms with E-state index in [0.717, 1.165) is 25.7 Å². The number of unbranched alkanes of at least 4 members (excludes halogenated alkanes) is 5. The minimum Gasteiger partial charge on any atom is -0.466 e. The average molecular weight is 314 g/mol. The molecule has 0 aliphatic heterocycles. The van der Waals surface area contributed by atoms with Gasteiger partial charge in [0.1, 0.15) is 6.10 Å². The number of rotatable bonds is 14. The standard InChI is InChI=1S/C18H34O4/c1-4-7-8-9-12-15-21-17(19)13-10-11-14-18(20)22-16(5-2)6-3/h16H,4-15H2,1-3H3. The predicted octanol–water partition coefficient (Wildman–Crippen LogP) is 4.79. The van der Waals surface area contributed by atoms with E-state index in [1.54, 1.807) is 0 Å². The van der Waals surface area contributed by atoms with E-state index >= 15 is 0 Å². The van der Waals surface area contributed by atoms with Crippen LogP contribution in [0.25, 0.3) is 0 Å². The van der Waals surface area contributed by atoms with E-state index in [4.69, 9.17) is 9.47 Å². The minimum atomic E-state index is -0.155. The summed E-state index contributed by atoms with van der Waals surface area (Å²) in [6, 6.07) is 0. The first kappa shape index (κ1) is 20.9. The highest BCUT2D eigenvalue weighted by molar-refractivity contribution is 5.70. The Morgan fingerprint density at radius 1 is 0.773 bits per heavy atom. The maximum Gasteiger partial charge on any atom is 0.306 e. The Bertz CT molecular complexity index is 285. The Morgan fingerprint density at radius 3 is 1.95 bits per heavy atom. The Balaban J connectivity index is 3.46. The molecule has 0 amide bonds. The third kappa shape index (κ3) is 12.7. The zero-order valence-electron chi connectivity index (χ0n) is 14.7. The second-order valence-corrected chi connectivity index (χ2v) is 5.77. The lowest BCUT2D eigenvalue weighted by atomic mass is 10.1. The molecule has 0 aromatic heterocycles. The van der Waals surface area contributed by atoms with Gasteiger partial charge >= 0.3 is 11.9 Å². The van der Waals surface area contributed by atoms with E-state index < -0.39 is 0 Å². The van der Waals surface area contributed by atoms with E-state index in [0.29, 0.717) is 32.3 Å². The lowest BCUT2D eigenvalue weighted by molar-refractivity contribution is -0.150. The lowest BCUT2D eigenvalue weighted by Crippen LogP contribution is -2.16. The third-order valence-electron chi connectivity index (χ3n) is 3.73. The Kier molecular flexibility index (Phi) is 14.1. The summed E-state index contributed by atoms with van der Waals surface area (Å²) in [4.78, 5) is 23.1. The van der Waals surface area contributed by atoms with Crippen molar-refractivity contribution < 1.29 is 19.1 Å². The summed E-state index contributed by atoms with van der Waals surface area (Å²) in [6.45, 7) is 6.74. The van der Waals surface area contributed by atoms with Crippen molar-refractivity contribution in [2.75, 3.05) is 6.61 Å². The fourth-order valence-electron chi connectivity index (χ4n) is 2.20. The van der Waals surface area contributed by atoms with E-state index in [2.05, 4.69) is 6.92 Å². The Morgan fingerprint density at radius 2 is 1.36 bits per heavy atom. The summed E-state index contributed by atoms with van der Waals surface area (Å²) in [6.07, 6.45) is 9.67. The van der Waals surface area contributed by atoms with E-state index in [1.165, 1.54) is 19.3 Å². The minimum absolute atomic E-state index is 0.0326. The van der Waals surface area contributed by atoms with Crippen LogP contribution in [0.3, 0.4) is 0 Å². The molecule has 0 spiro atoms. The highest BCUT2D eigenvalue weighted by Gasteiger charge is 2.10. The number of hydrogen-bond acceptors (Lipinski definition) is 4. The van der Waals surface area contributed by atoms with Crippen LogP contribution in [0.15, 0.2) is 0 Å². The van der Waals surface area contributed by atoms with Crippen molar-refractivity contribution in [1.29, 1.82) is 0 Å². The number of carbonyl (C=O) groups is 2. The van der Waals surface area contributed by atoms with Crippen LogP contribution in [-0.2, 0) is 19.1 Å². The monoisotopic (exact) mass is 314 g/mol. The third-order valence-corrected chi connectivity index (χ3v) is 3.73. The summed E-state index contributed by atoms with van der Waals surface area (Å²) < 4.78 is 10.5. The second kappa shape index (κ2) is 14.9. The topological polar surface area (TPSA) is 52.6 Å². The SMILES string of the molecule is CCCCCCCOC(=O)CCCCC(=O)OC(CC)CC. The summed E-state index contributed by atoms with van der Waals surface area (Å²) >= 11 is 0. The van der Waals surface area contributed by atoms with Crippen LogP contribution in [-0.4, -0.2) is 24.6 Å². The molecule has 4 heteroatoms. The smallest absolute Gasteiger partial charge is 0.306 e. The van der Waals surface area contributed by atoms with Gasteiger partial charge in [0, 0.05) is 12.8 Å². The van der Waals surface area contributed by atoms with Crippen LogP contribution < -0.4 is 0 Å². The van der Waals surface area contributed by atoms with Crippen molar-refractivity contribution in [2.24, 2.45) is 0 Å². The van der Waals surface area contributed by atoms with Gasteiger partial charge in [0.2, 0.25) is 0 Å². The van der Waals surface area contributed by atoms with E-state index in [-0.39, 0.29) is 18.0 Å². The van der Waals surface area contributed by atoms with Crippen molar-refractivity contribution in [1.82, 2.24) is 0 Å². The van der Waals surface area contributed by atoms with Crippen LogP contribution in [0.5, 0.6) is 0 Å². The van der Waals surface area contributed by atoms with Gasteiger partial charge in [-0.25, -0.2) is 0 Å². The van der Waals surface area contributed by atoms with Gasteiger partial charge in [-0.15, -0.1) is 0 Å². The number of carbonyl (C=O) groups excluding carboxylic acids is 2. The Hall–Kier alpha value is -1.06. The van der Waals surface area contributed by atoms with Crippen molar-refractivity contribution in [3.05, 3.63) is 0 Å². The summed E-state index contributed by atoms with van der Waals surface area (Å²) in [5.41, 5.74) is 0. The highest BCUT2D eigenvalue weighted by Crippen LogP contribution is 2.08. The van der Waals surface area contributed by atoms with Gasteiger partial charge in [0.05, 0.1) is 6.61 Å². The van der Waals surface area contributed by atoms with Crippen LogP contribution in [0.2, 0.25) is 0 Å². The second-order valence-electron chi connectivity index (χ2n) is 5.77. The average Bonchev–Trinajstić information content (AvgIpc) is 2.52. The molecule has 0 heterocycles. The summed E-state index contributed by atoms with van der Waals surface area (Å²) in [7, 11) is 0. The van der Waals surface area contributed by atoms with Crippen molar-refractivity contribution in [3.8, 4) is 0 Å². The van der Waals surface area contributed by atoms with E-state index in [1.807, 2.05) is 13.8 Å². The van der Waals surface area contributed by atoms with Gasteiger partial charge in [-0.05, 0) is 32.1 Å². The van der Waals surface area contributed by atoms with Gasteiger partial charge < -0.3 is 9.47 Å². The molecule has 0 aromatic rings. The van der Waals surface area contributed by atoms with Crippen molar-refractivity contribution in [3.63, 3.8) is 0 Å². The summed E-state index contributed by atoms with van der Waals surface area (Å²) in [5, 5.41) is 0. The molecular formula is C18H34O4. The molecule has 0 aromatic carbocycles. The molecule has 0 saturated heterocycles. The predicted molar refractivity (Wildman–Crippen MR) is 88.6 cm³/mol. The fourth-order valence-corrected chi connectivity index (χ4v) is 2.20. The molecule has 0 saturated carbocycles. The molecule has 4 nitrogen and oxygen atoms in total. The van der Waals surface area contributed by atoms with Gasteiger partial charge in [-0.1, -0.05) is 46.5 Å². The molecule has 130 valence electrons. The fraction of sp³-hybridized carbons (Fsp3) is 0.889. The first-order chi connectivity index (χ1) is 10.6. The van der Waals surface area contributed by atoms with Crippen LogP contribution in [0, 0.1) is 0 Å². The van der Waals surface area contributed by atoms with E-state index in [9.17, 15) is 9.59 Å². The molecule has 0 unspecified atom stereocenters. The van der Waals surface area contributed by atoms with Gasteiger partial charge in [0.15, 0.2) is 0 Å². The maximum absolute atomic E-state index is 11.6. The molecule has 0 rings (SSSR count). The van der Waals surface area contributed by atoms with Crippen molar-refractivity contribution in [2.45, 2.75) is 97.5 Å². The molecule has 0 aliphatic carbocycles. The van der Waals surface area contributed by atoms with Gasteiger partial charge in [0.25, 0.3) is 0 Å². The molecule has 22 heavy (non-hydrogen) atoms. The number of ether oxygens (including phenoxy) is 2.